The first kappa shape index (κ1) is 14.3. The van der Waals surface area contributed by atoms with Gasteiger partial charge in [0, 0.05) is 34.5 Å². The van der Waals surface area contributed by atoms with Gasteiger partial charge >= 0.3 is 5.97 Å². The van der Waals surface area contributed by atoms with E-state index in [1.807, 2.05) is 0 Å². The second-order valence-electron chi connectivity index (χ2n) is 3.94. The smallest absolute Gasteiger partial charge is 0.306 e. The summed E-state index contributed by atoms with van der Waals surface area (Å²) >= 11 is 1.46. The third-order valence-corrected chi connectivity index (χ3v) is 3.82. The van der Waals surface area contributed by atoms with Crippen molar-refractivity contribution in [3.63, 3.8) is 0 Å². The predicted molar refractivity (Wildman–Crippen MR) is 75.8 cm³/mol. The van der Waals surface area contributed by atoms with Crippen molar-refractivity contribution in [3.8, 4) is 0 Å². The zero-order chi connectivity index (χ0) is 14.5. The molecule has 0 fully saturated rings. The molecule has 0 aliphatic rings. The molecule has 0 amide bonds. The Labute approximate surface area is 119 Å². The number of carbonyl (C=O) groups excluding carboxylic acids is 1. The number of pyridine rings is 1. The van der Waals surface area contributed by atoms with Crippen LogP contribution < -0.4 is 0 Å². The summed E-state index contributed by atoms with van der Waals surface area (Å²) < 4.78 is 4.57. The maximum Gasteiger partial charge on any atom is 0.306 e. The lowest BCUT2D eigenvalue weighted by Gasteiger charge is -2.06. The van der Waals surface area contributed by atoms with Gasteiger partial charge < -0.3 is 4.74 Å². The normalized spacial score (nSPS) is 10.4. The summed E-state index contributed by atoms with van der Waals surface area (Å²) in [6, 6.07) is 4.90. The van der Waals surface area contributed by atoms with Gasteiger partial charge in [-0.2, -0.15) is 0 Å². The van der Waals surface area contributed by atoms with Crippen molar-refractivity contribution in [2.45, 2.75) is 11.3 Å². The summed E-state index contributed by atoms with van der Waals surface area (Å²) in [6.45, 7) is 0. The Morgan fingerprint density at radius 1 is 1.40 bits per heavy atom. The van der Waals surface area contributed by atoms with Gasteiger partial charge in [-0.15, -0.1) is 11.8 Å². The molecule has 0 aliphatic heterocycles. The molecule has 1 aromatic carbocycles. The van der Waals surface area contributed by atoms with Crippen molar-refractivity contribution < 1.29 is 14.5 Å². The molecule has 0 saturated heterocycles. The van der Waals surface area contributed by atoms with Gasteiger partial charge in [-0.3, -0.25) is 19.9 Å². The van der Waals surface area contributed by atoms with Crippen molar-refractivity contribution in [1.29, 1.82) is 0 Å². The number of non-ortho nitro benzene ring substituents is 1. The number of nitro groups is 1. The molecule has 2 rings (SSSR count). The first-order chi connectivity index (χ1) is 9.63. The first-order valence-electron chi connectivity index (χ1n) is 5.84. The minimum absolute atomic E-state index is 0.0328. The van der Waals surface area contributed by atoms with Crippen molar-refractivity contribution in [2.24, 2.45) is 0 Å². The highest BCUT2D eigenvalue weighted by atomic mass is 32.2. The summed E-state index contributed by atoms with van der Waals surface area (Å²) in [5.74, 6) is 0.285. The average Bonchev–Trinajstić information content (AvgIpc) is 2.46. The summed E-state index contributed by atoms with van der Waals surface area (Å²) in [5.41, 5.74) is 0.0328. The second kappa shape index (κ2) is 6.33. The summed E-state index contributed by atoms with van der Waals surface area (Å²) in [4.78, 5) is 26.4. The van der Waals surface area contributed by atoms with E-state index in [0.29, 0.717) is 17.6 Å². The van der Waals surface area contributed by atoms with Crippen LogP contribution in [-0.4, -0.2) is 28.7 Å². The third kappa shape index (κ3) is 3.05. The number of nitro benzene ring substituents is 1. The zero-order valence-electron chi connectivity index (χ0n) is 10.7. The number of esters is 1. The van der Waals surface area contributed by atoms with Crippen LogP contribution in [0.4, 0.5) is 5.69 Å². The quantitative estimate of drug-likeness (QED) is 0.365. The van der Waals surface area contributed by atoms with Crippen LogP contribution in [0.2, 0.25) is 0 Å². The molecular weight excluding hydrogens is 280 g/mol. The van der Waals surface area contributed by atoms with Gasteiger partial charge in [0.1, 0.15) is 0 Å². The van der Waals surface area contributed by atoms with E-state index in [1.165, 1.54) is 31.1 Å². The van der Waals surface area contributed by atoms with E-state index in [1.54, 1.807) is 18.3 Å². The number of benzene rings is 1. The van der Waals surface area contributed by atoms with Crippen LogP contribution in [0.1, 0.15) is 6.42 Å². The Bertz CT molecular complexity index is 660. The fourth-order valence-electron chi connectivity index (χ4n) is 1.78. The molecule has 0 unspecified atom stereocenters. The fourth-order valence-corrected chi connectivity index (χ4v) is 2.77. The number of ether oxygens (including phenoxy) is 1. The molecule has 7 heteroatoms. The molecule has 0 aliphatic carbocycles. The number of nitrogens with zero attached hydrogens (tertiary/aromatic N) is 2. The number of fused-ring (bicyclic) bond motifs is 1. The summed E-state index contributed by atoms with van der Waals surface area (Å²) in [5, 5.41) is 12.2. The van der Waals surface area contributed by atoms with Crippen LogP contribution in [0.5, 0.6) is 0 Å². The standard InChI is InChI=1S/C13H12N2O4S/c1-19-13(16)5-7-20-12-3-2-11(15(17)18)10-8-14-6-4-9(10)12/h2-4,6,8H,5,7H2,1H3. The van der Waals surface area contributed by atoms with E-state index in [0.717, 1.165) is 10.3 Å². The van der Waals surface area contributed by atoms with E-state index >= 15 is 0 Å². The minimum Gasteiger partial charge on any atom is -0.469 e. The van der Waals surface area contributed by atoms with Crippen LogP contribution >= 0.6 is 11.8 Å². The van der Waals surface area contributed by atoms with Crippen LogP contribution in [0.3, 0.4) is 0 Å². The number of aromatic nitrogens is 1. The topological polar surface area (TPSA) is 82.3 Å². The van der Waals surface area contributed by atoms with E-state index in [-0.39, 0.29) is 11.7 Å². The van der Waals surface area contributed by atoms with Gasteiger partial charge in [-0.1, -0.05) is 0 Å². The van der Waals surface area contributed by atoms with Gasteiger partial charge in [0.05, 0.1) is 23.8 Å². The van der Waals surface area contributed by atoms with Gasteiger partial charge in [0.15, 0.2) is 0 Å². The first-order valence-corrected chi connectivity index (χ1v) is 6.82. The lowest BCUT2D eigenvalue weighted by atomic mass is 10.1. The van der Waals surface area contributed by atoms with E-state index < -0.39 is 4.92 Å². The minimum atomic E-state index is -0.424. The monoisotopic (exact) mass is 292 g/mol. The fraction of sp³-hybridized carbons (Fsp3) is 0.231. The molecule has 1 heterocycles. The van der Waals surface area contributed by atoms with E-state index in [9.17, 15) is 14.9 Å². The average molecular weight is 292 g/mol. The van der Waals surface area contributed by atoms with Crippen molar-refractivity contribution >= 4 is 34.2 Å². The molecule has 0 saturated carbocycles. The number of thioether (sulfide) groups is 1. The Kier molecular flexibility index (Phi) is 4.52. The number of carbonyl (C=O) groups is 1. The Hall–Kier alpha value is -2.15. The van der Waals surface area contributed by atoms with Gasteiger partial charge in [-0.25, -0.2) is 0 Å². The Morgan fingerprint density at radius 2 is 2.20 bits per heavy atom. The molecule has 2 aromatic rings. The maximum atomic E-state index is 11.1. The SMILES string of the molecule is COC(=O)CCSc1ccc([N+](=O)[O-])c2cnccc12. The van der Waals surface area contributed by atoms with Crippen LogP contribution in [0.25, 0.3) is 10.8 Å². The molecule has 104 valence electrons. The lowest BCUT2D eigenvalue weighted by molar-refractivity contribution is -0.383. The number of hydrogen-bond acceptors (Lipinski definition) is 6. The van der Waals surface area contributed by atoms with Gasteiger partial charge in [-0.05, 0) is 12.1 Å². The van der Waals surface area contributed by atoms with E-state index in [2.05, 4.69) is 9.72 Å². The summed E-state index contributed by atoms with van der Waals surface area (Å²) in [6.07, 6.45) is 3.37. The molecule has 1 aromatic heterocycles. The van der Waals surface area contributed by atoms with Crippen molar-refractivity contribution in [3.05, 3.63) is 40.7 Å². The van der Waals surface area contributed by atoms with Crippen LogP contribution in [-0.2, 0) is 9.53 Å². The van der Waals surface area contributed by atoms with Crippen LogP contribution in [0.15, 0.2) is 35.5 Å². The molecule has 6 nitrogen and oxygen atoms in total. The lowest BCUT2D eigenvalue weighted by Crippen LogP contribution is -2.01. The highest BCUT2D eigenvalue weighted by Crippen LogP contribution is 2.33. The zero-order valence-corrected chi connectivity index (χ0v) is 11.6. The molecule has 0 spiro atoms. The van der Waals surface area contributed by atoms with Gasteiger partial charge in [0.2, 0.25) is 0 Å². The van der Waals surface area contributed by atoms with Crippen molar-refractivity contribution in [2.75, 3.05) is 12.9 Å². The Balaban J connectivity index is 2.29. The maximum absolute atomic E-state index is 11.1. The molecular formula is C13H12N2O4S. The molecule has 20 heavy (non-hydrogen) atoms. The third-order valence-electron chi connectivity index (χ3n) is 2.74. The summed E-state index contributed by atoms with van der Waals surface area (Å²) in [7, 11) is 1.35. The molecule has 0 radical (unpaired) electrons. The number of methoxy groups -OCH3 is 1. The molecule has 0 bridgehead atoms. The largest absolute Gasteiger partial charge is 0.469 e. The van der Waals surface area contributed by atoms with Crippen molar-refractivity contribution in [1.82, 2.24) is 4.98 Å². The highest BCUT2D eigenvalue weighted by molar-refractivity contribution is 7.99. The van der Waals surface area contributed by atoms with Gasteiger partial charge in [0.25, 0.3) is 5.69 Å². The molecule has 0 atom stereocenters. The predicted octanol–water partition coefficient (Wildman–Crippen LogP) is 2.80. The molecule has 0 N–H and O–H groups in total. The number of hydrogen-bond donors (Lipinski definition) is 0. The number of rotatable bonds is 5. The second-order valence-corrected chi connectivity index (χ2v) is 5.07. The van der Waals surface area contributed by atoms with Crippen LogP contribution in [0, 0.1) is 10.1 Å². The van der Waals surface area contributed by atoms with E-state index in [4.69, 9.17) is 0 Å². The Morgan fingerprint density at radius 3 is 2.90 bits per heavy atom. The highest BCUT2D eigenvalue weighted by Gasteiger charge is 2.14.